The van der Waals surface area contributed by atoms with Crippen molar-refractivity contribution >= 4 is 38.4 Å². The van der Waals surface area contributed by atoms with Crippen LogP contribution in [0, 0.1) is 0 Å². The van der Waals surface area contributed by atoms with Crippen LogP contribution < -0.4 is 14.4 Å². The van der Waals surface area contributed by atoms with Gasteiger partial charge < -0.3 is 9.47 Å². The van der Waals surface area contributed by atoms with Gasteiger partial charge >= 0.3 is 0 Å². The molecule has 0 fully saturated rings. The van der Waals surface area contributed by atoms with Crippen molar-refractivity contribution in [2.45, 2.75) is 19.9 Å². The van der Waals surface area contributed by atoms with Gasteiger partial charge in [-0.1, -0.05) is 48.6 Å². The van der Waals surface area contributed by atoms with Crippen LogP contribution in [0.5, 0.6) is 11.5 Å². The molecule has 0 aliphatic rings. The molecule has 3 aromatic carbocycles. The number of hydrogen-bond donors (Lipinski definition) is 0. The Balaban J connectivity index is 1.55. The molecule has 33 heavy (non-hydrogen) atoms. The molecule has 0 spiro atoms. The van der Waals surface area contributed by atoms with Gasteiger partial charge in [0.15, 0.2) is 17.5 Å². The summed E-state index contributed by atoms with van der Waals surface area (Å²) in [6.45, 7) is 2.06. The second-order valence-corrected chi connectivity index (χ2v) is 8.39. The summed E-state index contributed by atoms with van der Waals surface area (Å²) in [4.78, 5) is 31.4. The normalized spacial score (nSPS) is 10.7. The second kappa shape index (κ2) is 10.3. The number of ether oxygens (including phenoxy) is 2. The van der Waals surface area contributed by atoms with Crippen molar-refractivity contribution in [1.29, 1.82) is 0 Å². The van der Waals surface area contributed by atoms with Gasteiger partial charge in [0.25, 0.3) is 5.91 Å². The van der Waals surface area contributed by atoms with Crippen LogP contribution in [0.4, 0.5) is 5.13 Å². The zero-order valence-electron chi connectivity index (χ0n) is 18.5. The summed E-state index contributed by atoms with van der Waals surface area (Å²) in [5, 5.41) is 0.597. The van der Waals surface area contributed by atoms with Crippen molar-refractivity contribution in [2.24, 2.45) is 0 Å². The molecule has 168 valence electrons. The molecule has 0 N–H and O–H groups in total. The van der Waals surface area contributed by atoms with E-state index in [0.29, 0.717) is 29.4 Å². The molecule has 1 heterocycles. The highest BCUT2D eigenvalue weighted by atomic mass is 32.1. The lowest BCUT2D eigenvalue weighted by Crippen LogP contribution is -2.34. The number of Topliss-reactive ketones (excluding diaryl/α,β-unsaturated/α-hetero) is 1. The number of rotatable bonds is 9. The number of nitrogens with zero attached hydrogens (tertiary/aromatic N) is 2. The molecule has 0 saturated carbocycles. The fourth-order valence-corrected chi connectivity index (χ4v) is 4.34. The Bertz CT molecular complexity index is 1250. The standard InChI is InChI=1S/C26H24N2O4S/c1-3-23(29)19-9-11-20(12-10-19)32-17-25(30)28(16-18-7-5-4-6-8-18)26-27-22-14-13-21(31-2)15-24(22)33-26/h4-15H,3,16-17H2,1-2H3. The highest BCUT2D eigenvalue weighted by Gasteiger charge is 2.21. The summed E-state index contributed by atoms with van der Waals surface area (Å²) < 4.78 is 12.0. The van der Waals surface area contributed by atoms with E-state index >= 15 is 0 Å². The number of carbonyl (C=O) groups is 2. The number of thiazole rings is 1. The number of methoxy groups -OCH3 is 1. The van der Waals surface area contributed by atoms with Gasteiger partial charge in [0, 0.05) is 12.0 Å². The summed E-state index contributed by atoms with van der Waals surface area (Å²) in [5.41, 5.74) is 2.43. The third-order valence-corrected chi connectivity index (χ3v) is 6.20. The molecule has 0 unspecified atom stereocenters. The maximum atomic E-state index is 13.2. The van der Waals surface area contributed by atoms with Crippen LogP contribution in [0.1, 0.15) is 29.3 Å². The smallest absolute Gasteiger partial charge is 0.267 e. The minimum Gasteiger partial charge on any atom is -0.497 e. The Morgan fingerprint density at radius 1 is 0.970 bits per heavy atom. The second-order valence-electron chi connectivity index (χ2n) is 7.39. The van der Waals surface area contributed by atoms with Gasteiger partial charge in [-0.3, -0.25) is 14.5 Å². The highest BCUT2D eigenvalue weighted by Crippen LogP contribution is 2.32. The van der Waals surface area contributed by atoms with E-state index in [4.69, 9.17) is 9.47 Å². The third-order valence-electron chi connectivity index (χ3n) is 5.16. The van der Waals surface area contributed by atoms with E-state index in [0.717, 1.165) is 21.5 Å². The number of hydrogen-bond acceptors (Lipinski definition) is 6. The Hall–Kier alpha value is -3.71. The van der Waals surface area contributed by atoms with Crippen LogP contribution in [0.25, 0.3) is 10.2 Å². The molecule has 0 saturated heterocycles. The molecule has 4 rings (SSSR count). The number of anilines is 1. The Kier molecular flexibility index (Phi) is 7.00. The molecule has 0 aliphatic heterocycles. The van der Waals surface area contributed by atoms with Gasteiger partial charge in [0.2, 0.25) is 0 Å². The van der Waals surface area contributed by atoms with Crippen LogP contribution in [-0.4, -0.2) is 30.4 Å². The van der Waals surface area contributed by atoms with E-state index in [1.54, 1.807) is 36.3 Å². The lowest BCUT2D eigenvalue weighted by Gasteiger charge is -2.20. The van der Waals surface area contributed by atoms with Crippen LogP contribution >= 0.6 is 11.3 Å². The lowest BCUT2D eigenvalue weighted by atomic mass is 10.1. The molecule has 0 bridgehead atoms. The quantitative estimate of drug-likeness (QED) is 0.308. The zero-order chi connectivity index (χ0) is 23.2. The largest absolute Gasteiger partial charge is 0.497 e. The monoisotopic (exact) mass is 460 g/mol. The zero-order valence-corrected chi connectivity index (χ0v) is 19.3. The Morgan fingerprint density at radius 3 is 2.39 bits per heavy atom. The van der Waals surface area contributed by atoms with E-state index in [9.17, 15) is 9.59 Å². The van der Waals surface area contributed by atoms with Crippen LogP contribution in [0.15, 0.2) is 72.8 Å². The first-order chi connectivity index (χ1) is 16.1. The molecule has 7 heteroatoms. The van der Waals surface area contributed by atoms with E-state index in [-0.39, 0.29) is 18.3 Å². The third kappa shape index (κ3) is 5.38. The average Bonchev–Trinajstić information content (AvgIpc) is 3.29. The predicted molar refractivity (Wildman–Crippen MR) is 130 cm³/mol. The maximum Gasteiger partial charge on any atom is 0.267 e. The maximum absolute atomic E-state index is 13.2. The summed E-state index contributed by atoms with van der Waals surface area (Å²) in [6.07, 6.45) is 0.446. The summed E-state index contributed by atoms with van der Waals surface area (Å²) in [7, 11) is 1.62. The molecule has 0 radical (unpaired) electrons. The van der Waals surface area contributed by atoms with E-state index < -0.39 is 0 Å². The molecule has 0 atom stereocenters. The van der Waals surface area contributed by atoms with Gasteiger partial charge in [0.1, 0.15) is 11.5 Å². The van der Waals surface area contributed by atoms with Crippen molar-refractivity contribution < 1.29 is 19.1 Å². The molecule has 4 aromatic rings. The predicted octanol–water partition coefficient (Wildman–Crippen LogP) is 5.51. The van der Waals surface area contributed by atoms with Crippen LogP contribution in [0.2, 0.25) is 0 Å². The summed E-state index contributed by atoms with van der Waals surface area (Å²) in [6, 6.07) is 22.3. The minimum absolute atomic E-state index is 0.0686. The molecule has 0 aliphatic carbocycles. The molecule has 6 nitrogen and oxygen atoms in total. The highest BCUT2D eigenvalue weighted by molar-refractivity contribution is 7.22. The molecule has 1 amide bonds. The number of aromatic nitrogens is 1. The number of ketones is 1. The number of benzene rings is 3. The molecular formula is C26H24N2O4S. The first-order valence-electron chi connectivity index (χ1n) is 10.6. The average molecular weight is 461 g/mol. The van der Waals surface area contributed by atoms with E-state index in [1.165, 1.54) is 11.3 Å². The topological polar surface area (TPSA) is 68.7 Å². The SMILES string of the molecule is CCC(=O)c1ccc(OCC(=O)N(Cc2ccccc2)c2nc3ccc(OC)cc3s2)cc1. The lowest BCUT2D eigenvalue weighted by molar-refractivity contribution is -0.120. The molecule has 1 aromatic heterocycles. The fourth-order valence-electron chi connectivity index (χ4n) is 3.33. The van der Waals surface area contributed by atoms with E-state index in [1.807, 2.05) is 55.5 Å². The van der Waals surface area contributed by atoms with Crippen molar-refractivity contribution in [3.8, 4) is 11.5 Å². The summed E-state index contributed by atoms with van der Waals surface area (Å²) >= 11 is 1.43. The van der Waals surface area contributed by atoms with Crippen molar-refractivity contribution in [3.63, 3.8) is 0 Å². The fraction of sp³-hybridized carbons (Fsp3) is 0.192. The molecular weight excluding hydrogens is 436 g/mol. The van der Waals surface area contributed by atoms with Gasteiger partial charge in [-0.2, -0.15) is 0 Å². The number of amides is 1. The van der Waals surface area contributed by atoms with Crippen LogP contribution in [0.3, 0.4) is 0 Å². The van der Waals surface area contributed by atoms with Crippen LogP contribution in [-0.2, 0) is 11.3 Å². The van der Waals surface area contributed by atoms with Crippen molar-refractivity contribution in [2.75, 3.05) is 18.6 Å². The van der Waals surface area contributed by atoms with E-state index in [2.05, 4.69) is 4.98 Å². The van der Waals surface area contributed by atoms with Crippen molar-refractivity contribution in [1.82, 2.24) is 4.98 Å². The Labute approximate surface area is 196 Å². The van der Waals surface area contributed by atoms with Gasteiger partial charge in [0.05, 0.1) is 23.9 Å². The number of fused-ring (bicyclic) bond motifs is 1. The van der Waals surface area contributed by atoms with Crippen molar-refractivity contribution in [3.05, 3.63) is 83.9 Å². The van der Waals surface area contributed by atoms with Gasteiger partial charge in [-0.25, -0.2) is 4.98 Å². The Morgan fingerprint density at radius 2 is 1.70 bits per heavy atom. The summed E-state index contributed by atoms with van der Waals surface area (Å²) in [5.74, 6) is 1.13. The first kappa shape index (κ1) is 22.5. The van der Waals surface area contributed by atoms with Gasteiger partial charge in [-0.05, 0) is 48.0 Å². The minimum atomic E-state index is -0.210. The van der Waals surface area contributed by atoms with Gasteiger partial charge in [-0.15, -0.1) is 0 Å². The number of carbonyl (C=O) groups excluding carboxylic acids is 2. The first-order valence-corrected chi connectivity index (χ1v) is 11.4.